The molecule has 0 bridgehead atoms. The number of hydrogen-bond donors (Lipinski definition) is 1. The van der Waals surface area contributed by atoms with E-state index < -0.39 is 6.10 Å². The smallest absolute Gasteiger partial charge is 0.306 e. The molecule has 0 amide bonds. The molecule has 0 aliphatic carbocycles. The van der Waals surface area contributed by atoms with Gasteiger partial charge in [-0.05, 0) is 148 Å². The van der Waals surface area contributed by atoms with Crippen molar-refractivity contribution in [2.75, 3.05) is 13.2 Å². The summed E-state index contributed by atoms with van der Waals surface area (Å²) in [4.78, 5) is 24.6. The highest BCUT2D eigenvalue weighted by Crippen LogP contribution is 2.15. The van der Waals surface area contributed by atoms with Crippen molar-refractivity contribution < 1.29 is 24.2 Å². The van der Waals surface area contributed by atoms with Crippen LogP contribution in [0.5, 0.6) is 0 Å². The van der Waals surface area contributed by atoms with Crippen molar-refractivity contribution in [3.63, 3.8) is 0 Å². The van der Waals surface area contributed by atoms with E-state index in [-0.39, 0.29) is 25.2 Å². The third-order valence-corrected chi connectivity index (χ3v) is 13.6. The van der Waals surface area contributed by atoms with Crippen LogP contribution in [0, 0.1) is 0 Å². The lowest BCUT2D eigenvalue weighted by Gasteiger charge is -2.15. The number of esters is 2. The van der Waals surface area contributed by atoms with E-state index in [2.05, 4.69) is 220 Å². The maximum absolute atomic E-state index is 12.4. The molecule has 1 unspecified atom stereocenters. The lowest BCUT2D eigenvalue weighted by molar-refractivity contribution is -0.161. The average molecular weight is 1150 g/mol. The summed E-state index contributed by atoms with van der Waals surface area (Å²) in [5.74, 6) is -0.633. The van der Waals surface area contributed by atoms with Crippen LogP contribution >= 0.6 is 0 Å². The Kier molecular flexibility index (Phi) is 67.0. The molecule has 0 heterocycles. The average Bonchev–Trinajstić information content (AvgIpc) is 3.51. The number of carbonyl (C=O) groups excluding carboxylic acids is 2. The van der Waals surface area contributed by atoms with Crippen molar-refractivity contribution in [1.29, 1.82) is 0 Å². The first-order valence-electron chi connectivity index (χ1n) is 33.6. The number of allylic oxidation sites excluding steroid dienone is 34. The zero-order chi connectivity index (χ0) is 60.5. The highest BCUT2D eigenvalue weighted by Gasteiger charge is 2.16. The van der Waals surface area contributed by atoms with Crippen molar-refractivity contribution in [2.24, 2.45) is 0 Å². The lowest BCUT2D eigenvalue weighted by atomic mass is 10.0. The van der Waals surface area contributed by atoms with Crippen molar-refractivity contribution >= 4 is 11.9 Å². The Bertz CT molecular complexity index is 1980. The molecule has 0 aromatic heterocycles. The second-order valence-electron chi connectivity index (χ2n) is 21.4. The van der Waals surface area contributed by atoms with Crippen LogP contribution in [0.3, 0.4) is 0 Å². The molecule has 0 aliphatic rings. The summed E-state index contributed by atoms with van der Waals surface area (Å²) < 4.78 is 10.7. The van der Waals surface area contributed by atoms with Crippen LogP contribution in [0.15, 0.2) is 207 Å². The monoisotopic (exact) mass is 1150 g/mol. The van der Waals surface area contributed by atoms with Gasteiger partial charge in [-0.1, -0.05) is 304 Å². The first kappa shape index (κ1) is 78.5. The Morgan fingerprint density at radius 3 is 0.714 bits per heavy atom. The topological polar surface area (TPSA) is 72.8 Å². The van der Waals surface area contributed by atoms with Crippen molar-refractivity contribution in [3.8, 4) is 0 Å². The number of aliphatic hydroxyl groups excluding tert-OH is 1. The molecule has 5 heteroatoms. The van der Waals surface area contributed by atoms with Crippen molar-refractivity contribution in [2.45, 2.75) is 264 Å². The summed E-state index contributed by atoms with van der Waals surface area (Å²) in [5, 5.41) is 9.69. The summed E-state index contributed by atoms with van der Waals surface area (Å²) in [6.45, 7) is 3.88. The largest absolute Gasteiger partial charge is 0.462 e. The van der Waals surface area contributed by atoms with Gasteiger partial charge in [0.05, 0.1) is 6.61 Å². The summed E-state index contributed by atoms with van der Waals surface area (Å²) in [7, 11) is 0. The van der Waals surface area contributed by atoms with E-state index in [1.165, 1.54) is 70.6 Å². The van der Waals surface area contributed by atoms with Crippen LogP contribution in [-0.2, 0) is 19.1 Å². The first-order chi connectivity index (χ1) is 41.6. The first-order valence-corrected chi connectivity index (χ1v) is 33.6. The molecule has 0 aromatic rings. The van der Waals surface area contributed by atoms with Crippen molar-refractivity contribution in [1.82, 2.24) is 0 Å². The molecule has 0 saturated carbocycles. The van der Waals surface area contributed by atoms with Crippen LogP contribution in [0.2, 0.25) is 0 Å². The molecule has 0 fully saturated rings. The molecule has 0 aromatic carbocycles. The zero-order valence-electron chi connectivity index (χ0n) is 53.6. The molecular weight excluding hydrogens is 1030 g/mol. The summed E-state index contributed by atoms with van der Waals surface area (Å²) >= 11 is 0. The third-order valence-electron chi connectivity index (χ3n) is 13.6. The summed E-state index contributed by atoms with van der Waals surface area (Å²) in [6.07, 6.45) is 115. The predicted octanol–water partition coefficient (Wildman–Crippen LogP) is 23.8. The van der Waals surface area contributed by atoms with E-state index >= 15 is 0 Å². The fraction of sp³-hybridized carbons (Fsp3) is 0.544. The minimum Gasteiger partial charge on any atom is -0.462 e. The van der Waals surface area contributed by atoms with E-state index in [9.17, 15) is 14.7 Å². The van der Waals surface area contributed by atoms with Gasteiger partial charge in [0, 0.05) is 12.8 Å². The number of rotatable bonds is 59. The Balaban J connectivity index is 3.63. The Morgan fingerprint density at radius 2 is 0.476 bits per heavy atom. The van der Waals surface area contributed by atoms with Crippen LogP contribution < -0.4 is 0 Å². The summed E-state index contributed by atoms with van der Waals surface area (Å²) in [6, 6.07) is 0. The molecule has 0 aliphatic heterocycles. The van der Waals surface area contributed by atoms with Gasteiger partial charge < -0.3 is 14.6 Å². The van der Waals surface area contributed by atoms with Gasteiger partial charge in [0.2, 0.25) is 0 Å². The van der Waals surface area contributed by atoms with Crippen LogP contribution in [0.1, 0.15) is 258 Å². The van der Waals surface area contributed by atoms with Crippen LogP contribution in [0.25, 0.3) is 0 Å². The molecule has 0 saturated heterocycles. The Labute approximate surface area is 517 Å². The minimum atomic E-state index is -0.804. The van der Waals surface area contributed by atoms with E-state index in [0.29, 0.717) is 12.8 Å². The third kappa shape index (κ3) is 69.0. The number of carbonyl (C=O) groups is 2. The number of aliphatic hydroxyl groups is 1. The van der Waals surface area contributed by atoms with Crippen LogP contribution in [-0.4, -0.2) is 36.4 Å². The van der Waals surface area contributed by atoms with Crippen molar-refractivity contribution in [3.05, 3.63) is 207 Å². The molecule has 468 valence electrons. The standard InChI is InChI=1S/C79H122O5/c1-3-5-7-9-11-13-15-17-19-21-23-25-27-29-31-33-35-37-39-41-43-45-47-49-51-53-55-57-59-61-63-65-67-69-71-73-78(81)83-76-77(75-80)84-79(82)74-72-70-68-66-64-62-60-58-56-54-52-50-48-46-44-42-40-38-36-34-32-30-28-26-24-22-20-18-16-14-12-10-8-6-4-2/h5-8,11-14,17-20,23-26,29-32,35-38,41-44,48,50,54,56,60,62,77,80H,3-4,9-10,15-16,21-22,27-28,33-34,39-40,45-47,49,51-53,55,57-59,61,63-76H2,1-2H3/b7-5-,8-6-,13-11-,14-12-,19-17-,20-18-,25-23-,26-24-,31-29-,32-30-,37-35-,38-36-,43-41-,44-42-,50-48-,56-54-,62-60-. The van der Waals surface area contributed by atoms with Gasteiger partial charge in [-0.2, -0.15) is 0 Å². The van der Waals surface area contributed by atoms with Gasteiger partial charge in [-0.3, -0.25) is 9.59 Å². The summed E-state index contributed by atoms with van der Waals surface area (Å²) in [5.41, 5.74) is 0. The van der Waals surface area contributed by atoms with E-state index in [4.69, 9.17) is 9.47 Å². The van der Waals surface area contributed by atoms with E-state index in [0.717, 1.165) is 161 Å². The second-order valence-corrected chi connectivity index (χ2v) is 21.4. The molecule has 5 nitrogen and oxygen atoms in total. The van der Waals surface area contributed by atoms with E-state index in [1.54, 1.807) is 0 Å². The fourth-order valence-electron chi connectivity index (χ4n) is 8.62. The quantitative estimate of drug-likeness (QED) is 0.0373. The Morgan fingerprint density at radius 1 is 0.274 bits per heavy atom. The van der Waals surface area contributed by atoms with Gasteiger partial charge in [0.25, 0.3) is 0 Å². The molecule has 0 spiro atoms. The van der Waals surface area contributed by atoms with Gasteiger partial charge in [0.1, 0.15) is 6.61 Å². The molecule has 84 heavy (non-hydrogen) atoms. The molecule has 0 rings (SSSR count). The number of ether oxygens (including phenoxy) is 2. The minimum absolute atomic E-state index is 0.0899. The SMILES string of the molecule is CC/C=C\C/C=C\C/C=C\C/C=C\C/C=C\C/C=C\C/C=C\C/C=C\C/C=C\C/C=C\CCCCCCC(=O)OC(CO)COC(=O)CCCCCCCCCCCCCCC/C=C\C/C=C\C/C=C\C/C=C\C/C=C\C/C=C\C/C=C\CC. The maximum atomic E-state index is 12.4. The lowest BCUT2D eigenvalue weighted by Crippen LogP contribution is -2.28. The van der Waals surface area contributed by atoms with Gasteiger partial charge in [-0.25, -0.2) is 0 Å². The Hall–Kier alpha value is -5.52. The molecular formula is C79H122O5. The highest BCUT2D eigenvalue weighted by atomic mass is 16.6. The maximum Gasteiger partial charge on any atom is 0.306 e. The second kappa shape index (κ2) is 71.7. The highest BCUT2D eigenvalue weighted by molar-refractivity contribution is 5.70. The van der Waals surface area contributed by atoms with Gasteiger partial charge in [-0.15, -0.1) is 0 Å². The number of hydrogen-bond acceptors (Lipinski definition) is 5. The van der Waals surface area contributed by atoms with Crippen LogP contribution in [0.4, 0.5) is 0 Å². The molecule has 0 radical (unpaired) electrons. The fourth-order valence-corrected chi connectivity index (χ4v) is 8.62. The predicted molar refractivity (Wildman–Crippen MR) is 370 cm³/mol. The number of unbranched alkanes of at least 4 members (excludes halogenated alkanes) is 17. The van der Waals surface area contributed by atoms with E-state index in [1.807, 2.05) is 0 Å². The zero-order valence-corrected chi connectivity index (χ0v) is 53.6. The van der Waals surface area contributed by atoms with Gasteiger partial charge >= 0.3 is 11.9 Å². The normalized spacial score (nSPS) is 13.6. The van der Waals surface area contributed by atoms with Gasteiger partial charge in [0.15, 0.2) is 6.10 Å². The molecule has 1 N–H and O–H groups in total. The molecule has 1 atom stereocenters.